The van der Waals surface area contributed by atoms with Crippen LogP contribution in [0.15, 0.2) is 0 Å². The van der Waals surface area contributed by atoms with E-state index in [2.05, 4.69) is 0 Å². The van der Waals surface area contributed by atoms with Crippen LogP contribution in [0.5, 0.6) is 0 Å². The van der Waals surface area contributed by atoms with Crippen LogP contribution in [0.4, 0.5) is 4.79 Å². The van der Waals surface area contributed by atoms with E-state index in [4.69, 9.17) is 16.3 Å². The lowest BCUT2D eigenvalue weighted by molar-refractivity contribution is 0.0124. The number of alkyl halides is 1. The molecule has 0 aromatic heterocycles. The number of amides is 1. The molecule has 1 atom stereocenters. The molecule has 0 aliphatic carbocycles. The number of piperidine rings is 1. The quantitative estimate of drug-likeness (QED) is 0.652. The second-order valence-electron chi connectivity index (χ2n) is 4.98. The van der Waals surface area contributed by atoms with E-state index in [0.29, 0.717) is 5.88 Å². The molecule has 88 valence electrons. The van der Waals surface area contributed by atoms with Gasteiger partial charge in [-0.3, -0.25) is 0 Å². The number of hydrogen-bond acceptors (Lipinski definition) is 2. The zero-order chi connectivity index (χ0) is 11.5. The van der Waals surface area contributed by atoms with Gasteiger partial charge in [-0.15, -0.1) is 11.6 Å². The largest absolute Gasteiger partial charge is 0.444 e. The van der Waals surface area contributed by atoms with Crippen LogP contribution in [0.1, 0.15) is 40.0 Å². The maximum atomic E-state index is 11.8. The summed E-state index contributed by atoms with van der Waals surface area (Å²) in [5.74, 6) is 0.499. The van der Waals surface area contributed by atoms with Gasteiger partial charge >= 0.3 is 6.09 Å². The van der Waals surface area contributed by atoms with Crippen molar-refractivity contribution in [3.8, 4) is 0 Å². The molecule has 1 rings (SSSR count). The van der Waals surface area contributed by atoms with Crippen molar-refractivity contribution >= 4 is 17.7 Å². The molecule has 0 radical (unpaired) electrons. The van der Waals surface area contributed by atoms with Crippen LogP contribution in [-0.4, -0.2) is 35.1 Å². The molecule has 0 aromatic rings. The average Bonchev–Trinajstić information content (AvgIpc) is 2.15. The Morgan fingerprint density at radius 1 is 1.47 bits per heavy atom. The standard InChI is InChI=1S/C11H20ClNO2/c1-11(2,3)15-10(14)13-7-5-4-6-9(13)8-12/h9H,4-8H2,1-3H3. The number of carbonyl (C=O) groups is 1. The molecule has 4 heteroatoms. The Kier molecular flexibility index (Phi) is 4.26. The van der Waals surface area contributed by atoms with Crippen molar-refractivity contribution in [1.82, 2.24) is 4.90 Å². The Balaban J connectivity index is 2.56. The fourth-order valence-corrected chi connectivity index (χ4v) is 2.04. The first-order chi connectivity index (χ1) is 6.94. The topological polar surface area (TPSA) is 29.5 Å². The second kappa shape index (κ2) is 5.06. The minimum atomic E-state index is -0.425. The summed E-state index contributed by atoms with van der Waals surface area (Å²) in [7, 11) is 0. The number of carbonyl (C=O) groups excluding carboxylic acids is 1. The molecule has 1 saturated heterocycles. The number of likely N-dealkylation sites (tertiary alicyclic amines) is 1. The molecular weight excluding hydrogens is 214 g/mol. The Morgan fingerprint density at radius 2 is 2.13 bits per heavy atom. The van der Waals surface area contributed by atoms with Gasteiger partial charge in [0.05, 0.1) is 0 Å². The van der Waals surface area contributed by atoms with Crippen molar-refractivity contribution in [3.05, 3.63) is 0 Å². The summed E-state index contributed by atoms with van der Waals surface area (Å²) in [6.07, 6.45) is 2.96. The number of halogens is 1. The van der Waals surface area contributed by atoms with E-state index in [-0.39, 0.29) is 12.1 Å². The van der Waals surface area contributed by atoms with Gasteiger partial charge in [-0.1, -0.05) is 0 Å². The van der Waals surface area contributed by atoms with Crippen molar-refractivity contribution in [1.29, 1.82) is 0 Å². The van der Waals surface area contributed by atoms with Gasteiger partial charge in [-0.25, -0.2) is 4.79 Å². The summed E-state index contributed by atoms with van der Waals surface area (Å²) in [5, 5.41) is 0. The van der Waals surface area contributed by atoms with E-state index >= 15 is 0 Å². The Labute approximate surface area is 96.7 Å². The molecule has 1 amide bonds. The first kappa shape index (κ1) is 12.6. The minimum absolute atomic E-state index is 0.148. The van der Waals surface area contributed by atoms with Crippen LogP contribution in [0, 0.1) is 0 Å². The van der Waals surface area contributed by atoms with Gasteiger partial charge in [0.2, 0.25) is 0 Å². The summed E-state index contributed by atoms with van der Waals surface area (Å²) in [5.41, 5.74) is -0.425. The first-order valence-corrected chi connectivity index (χ1v) is 6.03. The highest BCUT2D eigenvalue weighted by molar-refractivity contribution is 6.18. The lowest BCUT2D eigenvalue weighted by atomic mass is 10.0. The Hall–Kier alpha value is -0.440. The van der Waals surface area contributed by atoms with Crippen LogP contribution in [-0.2, 0) is 4.74 Å². The smallest absolute Gasteiger partial charge is 0.410 e. The average molecular weight is 234 g/mol. The third-order valence-electron chi connectivity index (χ3n) is 2.43. The second-order valence-corrected chi connectivity index (χ2v) is 5.29. The van der Waals surface area contributed by atoms with Crippen molar-refractivity contribution < 1.29 is 9.53 Å². The minimum Gasteiger partial charge on any atom is -0.444 e. The van der Waals surface area contributed by atoms with E-state index in [9.17, 15) is 4.79 Å². The molecule has 15 heavy (non-hydrogen) atoms. The molecule has 1 unspecified atom stereocenters. The van der Waals surface area contributed by atoms with Gasteiger partial charge in [0, 0.05) is 18.5 Å². The fraction of sp³-hybridized carbons (Fsp3) is 0.909. The molecule has 1 aliphatic rings. The summed E-state index contributed by atoms with van der Waals surface area (Å²) in [6, 6.07) is 0.148. The van der Waals surface area contributed by atoms with Crippen molar-refractivity contribution in [2.75, 3.05) is 12.4 Å². The lowest BCUT2D eigenvalue weighted by Crippen LogP contribution is -2.46. The molecule has 0 bridgehead atoms. The monoisotopic (exact) mass is 233 g/mol. The third-order valence-corrected chi connectivity index (χ3v) is 2.79. The summed E-state index contributed by atoms with van der Waals surface area (Å²) in [4.78, 5) is 13.6. The number of hydrogen-bond donors (Lipinski definition) is 0. The van der Waals surface area contributed by atoms with Gasteiger partial charge < -0.3 is 9.64 Å². The highest BCUT2D eigenvalue weighted by Gasteiger charge is 2.29. The molecule has 0 aromatic carbocycles. The van der Waals surface area contributed by atoms with Gasteiger partial charge in [0.15, 0.2) is 0 Å². The van der Waals surface area contributed by atoms with E-state index in [1.54, 1.807) is 4.90 Å². The predicted molar refractivity (Wildman–Crippen MR) is 61.3 cm³/mol. The van der Waals surface area contributed by atoms with Crippen LogP contribution >= 0.6 is 11.6 Å². The normalized spacial score (nSPS) is 22.7. The zero-order valence-electron chi connectivity index (χ0n) is 9.75. The maximum absolute atomic E-state index is 11.8. The highest BCUT2D eigenvalue weighted by Crippen LogP contribution is 2.20. The number of rotatable bonds is 1. The van der Waals surface area contributed by atoms with Crippen LogP contribution in [0.25, 0.3) is 0 Å². The predicted octanol–water partition coefficient (Wildman–Crippen LogP) is 3.01. The Morgan fingerprint density at radius 3 is 2.67 bits per heavy atom. The van der Waals surface area contributed by atoms with Gasteiger partial charge in [0.25, 0.3) is 0 Å². The summed E-state index contributed by atoms with van der Waals surface area (Å²) < 4.78 is 5.34. The van der Waals surface area contributed by atoms with Gasteiger partial charge in [-0.05, 0) is 40.0 Å². The van der Waals surface area contributed by atoms with Crippen LogP contribution in [0.3, 0.4) is 0 Å². The fourth-order valence-electron chi connectivity index (χ4n) is 1.72. The Bertz CT molecular complexity index is 225. The van der Waals surface area contributed by atoms with E-state index in [0.717, 1.165) is 25.8 Å². The first-order valence-electron chi connectivity index (χ1n) is 5.49. The van der Waals surface area contributed by atoms with E-state index < -0.39 is 5.60 Å². The van der Waals surface area contributed by atoms with Crippen molar-refractivity contribution in [2.24, 2.45) is 0 Å². The van der Waals surface area contributed by atoms with Gasteiger partial charge in [-0.2, -0.15) is 0 Å². The highest BCUT2D eigenvalue weighted by atomic mass is 35.5. The molecule has 0 N–H and O–H groups in total. The summed E-state index contributed by atoms with van der Waals surface area (Å²) in [6.45, 7) is 6.41. The van der Waals surface area contributed by atoms with Crippen molar-refractivity contribution in [2.45, 2.75) is 51.7 Å². The van der Waals surface area contributed by atoms with E-state index in [1.807, 2.05) is 20.8 Å². The maximum Gasteiger partial charge on any atom is 0.410 e. The molecule has 0 saturated carbocycles. The molecular formula is C11H20ClNO2. The van der Waals surface area contributed by atoms with Crippen LogP contribution < -0.4 is 0 Å². The van der Waals surface area contributed by atoms with Crippen LogP contribution in [0.2, 0.25) is 0 Å². The number of ether oxygens (including phenoxy) is 1. The molecule has 3 nitrogen and oxygen atoms in total. The third kappa shape index (κ3) is 3.90. The van der Waals surface area contributed by atoms with E-state index in [1.165, 1.54) is 0 Å². The molecule has 1 aliphatic heterocycles. The molecule has 1 heterocycles. The molecule has 1 fully saturated rings. The zero-order valence-corrected chi connectivity index (χ0v) is 10.5. The molecule has 0 spiro atoms. The SMILES string of the molecule is CC(C)(C)OC(=O)N1CCCCC1CCl. The van der Waals surface area contributed by atoms with Gasteiger partial charge in [0.1, 0.15) is 5.60 Å². The lowest BCUT2D eigenvalue weighted by Gasteiger charge is -2.35. The summed E-state index contributed by atoms with van der Waals surface area (Å²) >= 11 is 5.84. The van der Waals surface area contributed by atoms with Crippen molar-refractivity contribution in [3.63, 3.8) is 0 Å². The number of nitrogens with zero attached hydrogens (tertiary/aromatic N) is 1.